The summed E-state index contributed by atoms with van der Waals surface area (Å²) in [6.07, 6.45) is 1.60. The molecule has 9 heteroatoms. The molecule has 0 radical (unpaired) electrons. The van der Waals surface area contributed by atoms with E-state index in [0.717, 1.165) is 17.1 Å². The maximum atomic E-state index is 12.3. The molecular formula is C24H24N4O4S. The van der Waals surface area contributed by atoms with Crippen molar-refractivity contribution in [3.05, 3.63) is 78.6 Å². The number of ether oxygens (including phenoxy) is 2. The number of carbonyl (C=O) groups excluding carboxylic acids is 1. The highest BCUT2D eigenvalue weighted by molar-refractivity contribution is 7.99. The Bertz CT molecular complexity index is 1150. The second-order valence-electron chi connectivity index (χ2n) is 7.02. The number of benzene rings is 2. The quantitative estimate of drug-likeness (QED) is 0.266. The third kappa shape index (κ3) is 6.17. The van der Waals surface area contributed by atoms with Crippen LogP contribution in [0.4, 0.5) is 0 Å². The number of aromatic nitrogens is 3. The van der Waals surface area contributed by atoms with Crippen molar-refractivity contribution < 1.29 is 18.7 Å². The molecule has 4 rings (SSSR count). The number of furan rings is 1. The summed E-state index contributed by atoms with van der Waals surface area (Å²) in [5.74, 6) is 2.85. The molecule has 170 valence electrons. The third-order valence-electron chi connectivity index (χ3n) is 4.73. The van der Waals surface area contributed by atoms with Crippen LogP contribution in [0.15, 0.2) is 82.6 Å². The van der Waals surface area contributed by atoms with Crippen molar-refractivity contribution in [1.29, 1.82) is 0 Å². The lowest BCUT2D eigenvalue weighted by molar-refractivity contribution is -0.118. The van der Waals surface area contributed by atoms with E-state index < -0.39 is 0 Å². The van der Waals surface area contributed by atoms with Crippen molar-refractivity contribution in [3.63, 3.8) is 0 Å². The summed E-state index contributed by atoms with van der Waals surface area (Å²) in [5, 5.41) is 12.1. The molecule has 1 N–H and O–H groups in total. The molecule has 2 aromatic carbocycles. The van der Waals surface area contributed by atoms with E-state index >= 15 is 0 Å². The van der Waals surface area contributed by atoms with Gasteiger partial charge < -0.3 is 19.2 Å². The number of hydrogen-bond donors (Lipinski definition) is 1. The molecule has 0 fully saturated rings. The van der Waals surface area contributed by atoms with Crippen LogP contribution in [0.1, 0.15) is 5.56 Å². The summed E-state index contributed by atoms with van der Waals surface area (Å²) in [4.78, 5) is 12.3. The largest absolute Gasteiger partial charge is 0.497 e. The van der Waals surface area contributed by atoms with Gasteiger partial charge in [-0.25, -0.2) is 0 Å². The number of carbonyl (C=O) groups is 1. The second-order valence-corrected chi connectivity index (χ2v) is 7.96. The first-order valence-corrected chi connectivity index (χ1v) is 11.4. The van der Waals surface area contributed by atoms with Gasteiger partial charge in [0.05, 0.1) is 32.2 Å². The van der Waals surface area contributed by atoms with Gasteiger partial charge in [-0.05, 0) is 42.0 Å². The van der Waals surface area contributed by atoms with Crippen LogP contribution in [0, 0.1) is 0 Å². The molecule has 1 amide bonds. The summed E-state index contributed by atoms with van der Waals surface area (Å²) < 4.78 is 18.2. The topological polar surface area (TPSA) is 91.4 Å². The lowest BCUT2D eigenvalue weighted by atomic mass is 10.2. The minimum absolute atomic E-state index is 0.104. The van der Waals surface area contributed by atoms with Gasteiger partial charge in [0.1, 0.15) is 18.1 Å². The van der Waals surface area contributed by atoms with Gasteiger partial charge in [0.2, 0.25) is 11.7 Å². The number of amides is 1. The first kappa shape index (κ1) is 22.5. The lowest BCUT2D eigenvalue weighted by Crippen LogP contribution is -2.29. The molecule has 33 heavy (non-hydrogen) atoms. The van der Waals surface area contributed by atoms with Crippen molar-refractivity contribution in [2.24, 2.45) is 0 Å². The predicted octanol–water partition coefficient (Wildman–Crippen LogP) is 3.88. The van der Waals surface area contributed by atoms with Gasteiger partial charge in [-0.2, -0.15) is 0 Å². The first-order chi connectivity index (χ1) is 16.2. The standard InChI is InChI=1S/C24H24N4O4S/c1-30-19-9-11-20(12-10-19)31-15-13-25-22(29)17-33-24-27-26-23(21-8-5-14-32-21)28(24)16-18-6-3-2-4-7-18/h2-12,14H,13,15-17H2,1H3,(H,25,29). The van der Waals surface area contributed by atoms with Crippen LogP contribution >= 0.6 is 11.8 Å². The highest BCUT2D eigenvalue weighted by Gasteiger charge is 2.17. The molecule has 0 aliphatic carbocycles. The van der Waals surface area contributed by atoms with E-state index in [4.69, 9.17) is 13.9 Å². The zero-order valence-electron chi connectivity index (χ0n) is 18.1. The smallest absolute Gasteiger partial charge is 0.230 e. The molecule has 0 spiro atoms. The molecular weight excluding hydrogens is 440 g/mol. The van der Waals surface area contributed by atoms with E-state index in [1.807, 2.05) is 71.3 Å². The van der Waals surface area contributed by atoms with E-state index in [1.54, 1.807) is 13.4 Å². The van der Waals surface area contributed by atoms with Gasteiger partial charge in [-0.3, -0.25) is 9.36 Å². The normalized spacial score (nSPS) is 10.7. The van der Waals surface area contributed by atoms with Gasteiger partial charge in [0.15, 0.2) is 10.9 Å². The molecule has 0 atom stereocenters. The SMILES string of the molecule is COc1ccc(OCCNC(=O)CSc2nnc(-c3ccco3)n2Cc2ccccc2)cc1. The van der Waals surface area contributed by atoms with Gasteiger partial charge in [-0.15, -0.1) is 10.2 Å². The van der Waals surface area contributed by atoms with Crippen molar-refractivity contribution in [2.75, 3.05) is 26.0 Å². The van der Waals surface area contributed by atoms with Crippen molar-refractivity contribution in [2.45, 2.75) is 11.7 Å². The fourth-order valence-electron chi connectivity index (χ4n) is 3.10. The molecule has 0 unspecified atom stereocenters. The molecule has 0 saturated heterocycles. The summed E-state index contributed by atoms with van der Waals surface area (Å²) in [5.41, 5.74) is 1.10. The van der Waals surface area contributed by atoms with Crippen LogP contribution < -0.4 is 14.8 Å². The summed E-state index contributed by atoms with van der Waals surface area (Å²) in [6.45, 7) is 1.35. The van der Waals surface area contributed by atoms with Crippen LogP contribution in [-0.2, 0) is 11.3 Å². The summed E-state index contributed by atoms with van der Waals surface area (Å²) >= 11 is 1.33. The van der Waals surface area contributed by atoms with E-state index in [0.29, 0.717) is 36.4 Å². The second kappa shape index (κ2) is 11.2. The highest BCUT2D eigenvalue weighted by atomic mass is 32.2. The van der Waals surface area contributed by atoms with Gasteiger partial charge in [0.25, 0.3) is 0 Å². The Labute approximate surface area is 195 Å². The number of methoxy groups -OCH3 is 1. The molecule has 2 heterocycles. The average molecular weight is 465 g/mol. The van der Waals surface area contributed by atoms with Crippen molar-refractivity contribution in [3.8, 4) is 23.1 Å². The minimum Gasteiger partial charge on any atom is -0.497 e. The number of thioether (sulfide) groups is 1. The maximum Gasteiger partial charge on any atom is 0.230 e. The van der Waals surface area contributed by atoms with E-state index in [1.165, 1.54) is 11.8 Å². The number of rotatable bonds is 11. The van der Waals surface area contributed by atoms with Crippen LogP contribution in [0.25, 0.3) is 11.6 Å². The molecule has 2 aromatic heterocycles. The maximum absolute atomic E-state index is 12.3. The summed E-state index contributed by atoms with van der Waals surface area (Å²) in [7, 11) is 1.62. The molecule has 0 aliphatic rings. The Balaban J connectivity index is 1.31. The van der Waals surface area contributed by atoms with Crippen LogP contribution in [0.2, 0.25) is 0 Å². The zero-order valence-corrected chi connectivity index (χ0v) is 19.0. The van der Waals surface area contributed by atoms with Crippen molar-refractivity contribution in [1.82, 2.24) is 20.1 Å². The van der Waals surface area contributed by atoms with Crippen LogP contribution in [0.3, 0.4) is 0 Å². The number of nitrogens with zero attached hydrogens (tertiary/aromatic N) is 3. The van der Waals surface area contributed by atoms with E-state index in [-0.39, 0.29) is 11.7 Å². The average Bonchev–Trinajstić information content (AvgIpc) is 3.52. The minimum atomic E-state index is -0.104. The monoisotopic (exact) mass is 464 g/mol. The molecule has 0 bridgehead atoms. The fraction of sp³-hybridized carbons (Fsp3) is 0.208. The molecule has 0 saturated carbocycles. The van der Waals surface area contributed by atoms with Gasteiger partial charge in [-0.1, -0.05) is 42.1 Å². The molecule has 4 aromatic rings. The van der Waals surface area contributed by atoms with Gasteiger partial charge in [0, 0.05) is 0 Å². The van der Waals surface area contributed by atoms with Gasteiger partial charge >= 0.3 is 0 Å². The van der Waals surface area contributed by atoms with Crippen molar-refractivity contribution >= 4 is 17.7 Å². The molecule has 8 nitrogen and oxygen atoms in total. The Hall–Kier alpha value is -3.72. The summed E-state index contributed by atoms with van der Waals surface area (Å²) in [6, 6.07) is 21.0. The highest BCUT2D eigenvalue weighted by Crippen LogP contribution is 2.25. The Morgan fingerprint density at radius 3 is 2.55 bits per heavy atom. The third-order valence-corrected chi connectivity index (χ3v) is 5.69. The Kier molecular flexibility index (Phi) is 7.65. The number of nitrogens with one attached hydrogen (secondary N) is 1. The Morgan fingerprint density at radius 2 is 1.82 bits per heavy atom. The Morgan fingerprint density at radius 1 is 1.03 bits per heavy atom. The van der Waals surface area contributed by atoms with E-state index in [2.05, 4.69) is 15.5 Å². The number of hydrogen-bond acceptors (Lipinski definition) is 7. The predicted molar refractivity (Wildman–Crippen MR) is 125 cm³/mol. The molecule has 0 aliphatic heterocycles. The lowest BCUT2D eigenvalue weighted by Gasteiger charge is -2.10. The van der Waals surface area contributed by atoms with E-state index in [9.17, 15) is 4.79 Å². The zero-order chi connectivity index (χ0) is 22.9. The fourth-order valence-corrected chi connectivity index (χ4v) is 3.87. The first-order valence-electron chi connectivity index (χ1n) is 10.4. The van der Waals surface area contributed by atoms with Crippen LogP contribution in [-0.4, -0.2) is 46.7 Å². The van der Waals surface area contributed by atoms with Crippen LogP contribution in [0.5, 0.6) is 11.5 Å².